The molecule has 1 aliphatic rings. The van der Waals surface area contributed by atoms with Crippen LogP contribution < -0.4 is 10.7 Å². The molecule has 146 valence electrons. The predicted molar refractivity (Wildman–Crippen MR) is 102 cm³/mol. The molecular formula is C20H25FN2O4. The molecular weight excluding hydrogens is 351 g/mol. The smallest absolute Gasteiger partial charge is 0.343 e. The van der Waals surface area contributed by atoms with Crippen molar-refractivity contribution in [2.45, 2.75) is 51.6 Å². The number of ether oxygens (including phenoxy) is 1. The van der Waals surface area contributed by atoms with Crippen LogP contribution in [0.25, 0.3) is 10.9 Å². The van der Waals surface area contributed by atoms with Gasteiger partial charge in [-0.2, -0.15) is 0 Å². The van der Waals surface area contributed by atoms with Crippen LogP contribution in [0.5, 0.6) is 0 Å². The van der Waals surface area contributed by atoms with E-state index in [4.69, 9.17) is 4.74 Å². The molecule has 7 heteroatoms. The van der Waals surface area contributed by atoms with E-state index in [0.717, 1.165) is 25.7 Å². The third-order valence-corrected chi connectivity index (χ3v) is 4.97. The molecule has 1 aromatic carbocycles. The third kappa shape index (κ3) is 4.13. The van der Waals surface area contributed by atoms with Gasteiger partial charge in [0.2, 0.25) is 5.43 Å². The average molecular weight is 376 g/mol. The summed E-state index contributed by atoms with van der Waals surface area (Å²) in [6.07, 6.45) is 6.79. The zero-order valence-corrected chi connectivity index (χ0v) is 15.5. The van der Waals surface area contributed by atoms with Crippen LogP contribution in [0.2, 0.25) is 0 Å². The zero-order chi connectivity index (χ0) is 19.4. The molecule has 27 heavy (non-hydrogen) atoms. The van der Waals surface area contributed by atoms with E-state index in [9.17, 15) is 19.1 Å². The molecule has 1 heterocycles. The van der Waals surface area contributed by atoms with Gasteiger partial charge in [-0.1, -0.05) is 19.3 Å². The highest BCUT2D eigenvalue weighted by Crippen LogP contribution is 2.26. The molecule has 0 saturated heterocycles. The number of nitrogens with zero attached hydrogens (tertiary/aromatic N) is 1. The first kappa shape index (κ1) is 19.4. The molecule has 1 aromatic heterocycles. The Kier molecular flexibility index (Phi) is 6.11. The topological polar surface area (TPSA) is 80.6 Å². The number of pyridine rings is 1. The van der Waals surface area contributed by atoms with Crippen LogP contribution in [0.15, 0.2) is 23.1 Å². The summed E-state index contributed by atoms with van der Waals surface area (Å²) in [5.41, 5.74) is 0.0807. The van der Waals surface area contributed by atoms with Gasteiger partial charge in [-0.3, -0.25) is 4.79 Å². The summed E-state index contributed by atoms with van der Waals surface area (Å²) in [5.74, 6) is -1.28. The molecule has 0 atom stereocenters. The van der Waals surface area contributed by atoms with Crippen molar-refractivity contribution in [2.75, 3.05) is 18.5 Å². The molecule has 2 N–H and O–H groups in total. The molecule has 0 unspecified atom stereocenters. The van der Waals surface area contributed by atoms with Crippen molar-refractivity contribution >= 4 is 22.6 Å². The molecule has 0 radical (unpaired) electrons. The van der Waals surface area contributed by atoms with Gasteiger partial charge in [0.15, 0.2) is 0 Å². The fraction of sp³-hybridized carbons (Fsp3) is 0.500. The minimum Gasteiger partial charge on any atom is -0.462 e. The van der Waals surface area contributed by atoms with Crippen molar-refractivity contribution in [3.63, 3.8) is 0 Å². The largest absolute Gasteiger partial charge is 0.462 e. The van der Waals surface area contributed by atoms with Gasteiger partial charge < -0.3 is 19.7 Å². The van der Waals surface area contributed by atoms with Crippen LogP contribution in [-0.2, 0) is 11.3 Å². The van der Waals surface area contributed by atoms with Gasteiger partial charge in [-0.15, -0.1) is 0 Å². The van der Waals surface area contributed by atoms with Gasteiger partial charge >= 0.3 is 5.97 Å². The van der Waals surface area contributed by atoms with Crippen LogP contribution >= 0.6 is 0 Å². The quantitative estimate of drug-likeness (QED) is 0.758. The standard InChI is InChI=1S/C20H25FN2O4/c1-2-27-20(26)15-12-23(8-9-24)18-11-17(16(21)10-14(18)19(15)25)22-13-6-4-3-5-7-13/h10-13,22,24H,2-9H2,1H3. The number of aromatic nitrogens is 1. The Morgan fingerprint density at radius 2 is 2.07 bits per heavy atom. The first-order chi connectivity index (χ1) is 13.0. The number of aliphatic hydroxyl groups is 1. The summed E-state index contributed by atoms with van der Waals surface area (Å²) < 4.78 is 21.2. The number of carbonyl (C=O) groups excluding carboxylic acids is 1. The van der Waals surface area contributed by atoms with Crippen molar-refractivity contribution < 1.29 is 19.0 Å². The SMILES string of the molecule is CCOC(=O)c1cn(CCO)c2cc(NC3CCCCC3)c(F)cc2c1=O. The van der Waals surface area contributed by atoms with E-state index in [-0.39, 0.29) is 36.8 Å². The number of nitrogens with one attached hydrogen (secondary N) is 1. The summed E-state index contributed by atoms with van der Waals surface area (Å²) in [4.78, 5) is 24.8. The minimum absolute atomic E-state index is 0.0979. The normalized spacial score (nSPS) is 15.1. The summed E-state index contributed by atoms with van der Waals surface area (Å²) in [5, 5.41) is 12.7. The highest BCUT2D eigenvalue weighted by molar-refractivity contribution is 5.94. The lowest BCUT2D eigenvalue weighted by Gasteiger charge is -2.24. The van der Waals surface area contributed by atoms with Gasteiger partial charge in [0.25, 0.3) is 0 Å². The molecule has 0 aliphatic heterocycles. The number of carbonyl (C=O) groups is 1. The first-order valence-corrected chi connectivity index (χ1v) is 9.46. The number of fused-ring (bicyclic) bond motifs is 1. The van der Waals surface area contributed by atoms with Gasteiger partial charge in [0.1, 0.15) is 11.4 Å². The third-order valence-electron chi connectivity index (χ3n) is 4.97. The Hall–Kier alpha value is -2.41. The first-order valence-electron chi connectivity index (χ1n) is 9.46. The van der Waals surface area contributed by atoms with Crippen molar-refractivity contribution in [3.8, 4) is 0 Å². The van der Waals surface area contributed by atoms with E-state index in [1.165, 1.54) is 18.7 Å². The molecule has 0 amide bonds. The Balaban J connectivity index is 2.08. The second kappa shape index (κ2) is 8.52. The monoisotopic (exact) mass is 376 g/mol. The maximum atomic E-state index is 14.7. The molecule has 1 fully saturated rings. The van der Waals surface area contributed by atoms with Crippen LogP contribution in [-0.4, -0.2) is 34.9 Å². The van der Waals surface area contributed by atoms with Crippen molar-refractivity contribution in [3.05, 3.63) is 39.9 Å². The maximum Gasteiger partial charge on any atom is 0.343 e. The number of hydrogen-bond donors (Lipinski definition) is 2. The van der Waals surface area contributed by atoms with Gasteiger partial charge in [-0.05, 0) is 31.9 Å². The highest BCUT2D eigenvalue weighted by Gasteiger charge is 2.20. The Labute approximate surface area is 156 Å². The van der Waals surface area contributed by atoms with E-state index >= 15 is 0 Å². The number of aliphatic hydroxyl groups excluding tert-OH is 1. The fourth-order valence-corrected chi connectivity index (χ4v) is 3.63. The fourth-order valence-electron chi connectivity index (χ4n) is 3.63. The Morgan fingerprint density at radius 1 is 1.33 bits per heavy atom. The molecule has 6 nitrogen and oxygen atoms in total. The number of benzene rings is 1. The van der Waals surface area contributed by atoms with Crippen molar-refractivity contribution in [2.24, 2.45) is 0 Å². The molecule has 3 rings (SSSR count). The van der Waals surface area contributed by atoms with Crippen LogP contribution in [0.1, 0.15) is 49.4 Å². The maximum absolute atomic E-state index is 14.7. The lowest BCUT2D eigenvalue weighted by molar-refractivity contribution is 0.0524. The second-order valence-electron chi connectivity index (χ2n) is 6.84. The second-order valence-corrected chi connectivity index (χ2v) is 6.84. The van der Waals surface area contributed by atoms with Crippen LogP contribution in [0.3, 0.4) is 0 Å². The predicted octanol–water partition coefficient (Wildman–Crippen LogP) is 3.05. The van der Waals surface area contributed by atoms with E-state index in [1.807, 2.05) is 0 Å². The van der Waals surface area contributed by atoms with E-state index < -0.39 is 17.2 Å². The van der Waals surface area contributed by atoms with Crippen molar-refractivity contribution in [1.82, 2.24) is 4.57 Å². The minimum atomic E-state index is -0.749. The lowest BCUT2D eigenvalue weighted by Crippen LogP contribution is -2.24. The van der Waals surface area contributed by atoms with Crippen LogP contribution in [0, 0.1) is 5.82 Å². The van der Waals surface area contributed by atoms with E-state index in [2.05, 4.69) is 5.32 Å². The molecule has 0 bridgehead atoms. The molecule has 0 spiro atoms. The zero-order valence-electron chi connectivity index (χ0n) is 15.5. The number of hydrogen-bond acceptors (Lipinski definition) is 5. The number of esters is 1. The average Bonchev–Trinajstić information content (AvgIpc) is 2.66. The molecule has 2 aromatic rings. The lowest BCUT2D eigenvalue weighted by atomic mass is 9.95. The highest BCUT2D eigenvalue weighted by atomic mass is 19.1. The molecule has 1 saturated carbocycles. The Bertz CT molecular complexity index is 888. The van der Waals surface area contributed by atoms with Crippen LogP contribution in [0.4, 0.5) is 10.1 Å². The number of rotatable bonds is 6. The molecule has 1 aliphatic carbocycles. The van der Waals surface area contributed by atoms with Gasteiger partial charge in [0, 0.05) is 24.2 Å². The number of anilines is 1. The summed E-state index contributed by atoms with van der Waals surface area (Å²) in [6.45, 7) is 1.78. The summed E-state index contributed by atoms with van der Waals surface area (Å²) in [7, 11) is 0. The van der Waals surface area contributed by atoms with Gasteiger partial charge in [0.05, 0.1) is 24.4 Å². The number of halogens is 1. The summed E-state index contributed by atoms with van der Waals surface area (Å²) in [6, 6.07) is 2.97. The summed E-state index contributed by atoms with van der Waals surface area (Å²) >= 11 is 0. The van der Waals surface area contributed by atoms with Gasteiger partial charge in [-0.25, -0.2) is 9.18 Å². The van der Waals surface area contributed by atoms with Crippen molar-refractivity contribution in [1.29, 1.82) is 0 Å². The van der Waals surface area contributed by atoms with E-state index in [1.54, 1.807) is 17.6 Å². The Morgan fingerprint density at radius 3 is 2.74 bits per heavy atom. The van der Waals surface area contributed by atoms with E-state index in [0.29, 0.717) is 11.2 Å².